The first-order chi connectivity index (χ1) is 34.9. The minimum Gasteiger partial charge on any atom is -0.462 e. The highest BCUT2D eigenvalue weighted by Gasteiger charge is 2.45. The molecule has 2 bridgehead atoms. The Labute approximate surface area is 429 Å². The normalized spacial score (nSPS) is 30.5. The van der Waals surface area contributed by atoms with Crippen LogP contribution in [-0.4, -0.2) is 119 Å². The van der Waals surface area contributed by atoms with Gasteiger partial charge in [0.25, 0.3) is 0 Å². The molecule has 0 saturated carbocycles. The fourth-order valence-electron chi connectivity index (χ4n) is 8.40. The lowest BCUT2D eigenvalue weighted by Crippen LogP contribution is -2.52. The monoisotopic (exact) mass is 1080 g/mol. The summed E-state index contributed by atoms with van der Waals surface area (Å²) in [6.07, 6.45) is 15.7. The summed E-state index contributed by atoms with van der Waals surface area (Å²) in [7, 11) is -11.3. The Morgan fingerprint density at radius 3 is 2.25 bits per heavy atom. The van der Waals surface area contributed by atoms with Crippen molar-refractivity contribution in [3.63, 3.8) is 0 Å². The van der Waals surface area contributed by atoms with Crippen molar-refractivity contribution in [2.45, 2.75) is 198 Å². The second-order valence-electron chi connectivity index (χ2n) is 18.6. The largest absolute Gasteiger partial charge is 0.481 e. The summed E-state index contributed by atoms with van der Waals surface area (Å²) in [5.74, 6) is -4.00. The van der Waals surface area contributed by atoms with Crippen molar-refractivity contribution >= 4 is 33.4 Å². The molecule has 2 unspecified atom stereocenters. The van der Waals surface area contributed by atoms with Crippen molar-refractivity contribution in [2.75, 3.05) is 25.6 Å². The Kier molecular flexibility index (Phi) is 30.7. The van der Waals surface area contributed by atoms with E-state index in [2.05, 4.69) is 52.7 Å². The zero-order chi connectivity index (χ0) is 53.7. The molecule has 12 atom stereocenters. The minimum atomic E-state index is -5.70. The van der Waals surface area contributed by atoms with E-state index in [1.807, 2.05) is 6.92 Å². The molecule has 0 spiro atoms. The van der Waals surface area contributed by atoms with E-state index in [0.717, 1.165) is 68.8 Å². The molecule has 0 aliphatic carbocycles. The molecule has 2 aliphatic heterocycles. The van der Waals surface area contributed by atoms with Crippen LogP contribution in [0, 0.1) is 11.8 Å². The topological polar surface area (TPSA) is 326 Å². The number of phosphoric ester groups is 2. The third-order valence-electron chi connectivity index (χ3n) is 12.5. The van der Waals surface area contributed by atoms with Gasteiger partial charge in [-0.05, 0) is 63.9 Å². The summed E-state index contributed by atoms with van der Waals surface area (Å²) in [4.78, 5) is 64.2. The molecule has 0 radical (unpaired) electrons. The molecular weight excluding hydrogens is 993 g/mol. The standard InChI is InChI=1S/C50H83N3O18P2/c1-3-5-7-8-9-10-11-12-13-14-15-16-17-18-23-27-45(57)66-34-38-35-67-72(62,63)71-73(64,65)68-36-43-48(60)47(59)39(30-29-37(54)25-21-6-4-2)41(55)33-42(56)40(26-22-19-20-24-28-46(58)69-38)49(70-43)53-32-31-44(51)52-50(53)61/h5,7,9-10,12-13,29-32,37-43,47-49,54-56,59-60H,3-4,6,8,11,14-28,33-36H2,1-2H3,(H,62,63)(H,64,65)(H2,51,52,61)/b7-5-,10-9-,13-12-,30-29-/t37-,38+,39-,40-,41+,42-,43+,47-,48+,49+/m0/s1. The summed E-state index contributed by atoms with van der Waals surface area (Å²) >= 11 is 0. The number of ether oxygens (including phenoxy) is 3. The number of phosphoric acid groups is 2. The molecule has 3 heterocycles. The SMILES string of the molecule is CC/C=C\C/C=C\C/C=C\CCCCCCCC(=O)OC[C@@H]1COP(=O)(O)OP(=O)(O)OC[C@H]2O[C@@H](n3ccc(N)nc3=O)[C@@H](CCCCCCC(=O)O1)[C@@H](O)C[C@@H](O)[C@H](/C=C\[C@@H](O)CCCCC)[C@H](O)[C@@H]2O. The number of fused-ring (bicyclic) bond motifs is 3. The number of nitrogen functional groups attached to an aromatic ring is 1. The Hall–Kier alpha value is -3.40. The fraction of sp³-hybridized carbons (Fsp3) is 0.720. The molecule has 3 rings (SSSR count). The lowest BCUT2D eigenvalue weighted by atomic mass is 9.82. The molecule has 1 aromatic rings. The van der Waals surface area contributed by atoms with Crippen molar-refractivity contribution < 1.29 is 81.6 Å². The van der Waals surface area contributed by atoms with E-state index in [4.69, 9.17) is 29.0 Å². The van der Waals surface area contributed by atoms with Crippen molar-refractivity contribution in [1.82, 2.24) is 9.55 Å². The van der Waals surface area contributed by atoms with Gasteiger partial charge in [-0.25, -0.2) is 13.9 Å². The Morgan fingerprint density at radius 1 is 0.863 bits per heavy atom. The van der Waals surface area contributed by atoms with E-state index in [-0.39, 0.29) is 25.1 Å². The smallest absolute Gasteiger partial charge is 0.462 e. The van der Waals surface area contributed by atoms with Crippen LogP contribution in [0.25, 0.3) is 0 Å². The molecule has 73 heavy (non-hydrogen) atoms. The Morgan fingerprint density at radius 2 is 1.53 bits per heavy atom. The van der Waals surface area contributed by atoms with E-state index in [9.17, 15) is 58.8 Å². The number of cyclic esters (lactones) is 1. The van der Waals surface area contributed by atoms with Gasteiger partial charge in [-0.3, -0.25) is 23.2 Å². The third-order valence-corrected chi connectivity index (χ3v) is 15.1. The van der Waals surface area contributed by atoms with Crippen LogP contribution in [0.2, 0.25) is 0 Å². The van der Waals surface area contributed by atoms with Gasteiger partial charge in [-0.1, -0.05) is 120 Å². The van der Waals surface area contributed by atoms with Gasteiger partial charge in [-0.15, -0.1) is 0 Å². The number of nitrogens with two attached hydrogens (primary N) is 1. The summed E-state index contributed by atoms with van der Waals surface area (Å²) in [6, 6.07) is 1.26. The number of carbonyl (C=O) groups excluding carboxylic acids is 2. The molecule has 23 heteroatoms. The van der Waals surface area contributed by atoms with Gasteiger partial charge in [0.1, 0.15) is 30.9 Å². The molecule has 9 N–H and O–H groups in total. The first-order valence-corrected chi connectivity index (χ1v) is 28.9. The van der Waals surface area contributed by atoms with E-state index >= 15 is 0 Å². The number of aliphatic hydroxyl groups excluding tert-OH is 5. The van der Waals surface area contributed by atoms with E-state index < -0.39 is 120 Å². The summed E-state index contributed by atoms with van der Waals surface area (Å²) in [5.41, 5.74) is 4.81. The van der Waals surface area contributed by atoms with Crippen molar-refractivity contribution in [1.29, 1.82) is 0 Å². The lowest BCUT2D eigenvalue weighted by Gasteiger charge is -2.41. The molecule has 416 valence electrons. The highest BCUT2D eigenvalue weighted by Crippen LogP contribution is 2.60. The predicted octanol–water partition coefficient (Wildman–Crippen LogP) is 6.94. The van der Waals surface area contributed by atoms with Gasteiger partial charge in [0.15, 0.2) is 6.10 Å². The summed E-state index contributed by atoms with van der Waals surface area (Å²) in [5, 5.41) is 57.5. The van der Waals surface area contributed by atoms with Gasteiger partial charge < -0.3 is 55.3 Å². The predicted molar refractivity (Wildman–Crippen MR) is 272 cm³/mol. The number of carbonyl (C=O) groups is 2. The van der Waals surface area contributed by atoms with Gasteiger partial charge in [0, 0.05) is 37.3 Å². The molecule has 2 fully saturated rings. The zero-order valence-corrected chi connectivity index (χ0v) is 44.3. The van der Waals surface area contributed by atoms with Gasteiger partial charge >= 0.3 is 33.3 Å². The van der Waals surface area contributed by atoms with Crippen LogP contribution >= 0.6 is 15.6 Å². The number of hydrogen-bond donors (Lipinski definition) is 8. The second kappa shape index (κ2) is 35.0. The van der Waals surface area contributed by atoms with Crippen molar-refractivity contribution in [2.24, 2.45) is 11.8 Å². The number of nitrogens with zero attached hydrogens (tertiary/aromatic N) is 2. The van der Waals surface area contributed by atoms with Crippen LogP contribution in [0.3, 0.4) is 0 Å². The molecule has 1 aromatic heterocycles. The van der Waals surface area contributed by atoms with Crippen LogP contribution in [0.4, 0.5) is 5.82 Å². The average molecular weight is 1080 g/mol. The van der Waals surface area contributed by atoms with E-state index in [1.54, 1.807) is 0 Å². The van der Waals surface area contributed by atoms with Gasteiger partial charge in [0.05, 0.1) is 37.6 Å². The average Bonchev–Trinajstić information content (AvgIpc) is 3.33. The molecule has 2 saturated heterocycles. The van der Waals surface area contributed by atoms with Crippen molar-refractivity contribution in [3.8, 4) is 0 Å². The number of hydrogen-bond acceptors (Lipinski definition) is 18. The minimum absolute atomic E-state index is 0.0662. The summed E-state index contributed by atoms with van der Waals surface area (Å²) < 4.78 is 59.1. The highest BCUT2D eigenvalue weighted by atomic mass is 31.3. The maximum absolute atomic E-state index is 13.4. The third kappa shape index (κ3) is 25.8. The van der Waals surface area contributed by atoms with Crippen molar-refractivity contribution in [3.05, 3.63) is 71.4 Å². The number of aromatic nitrogens is 2. The maximum atomic E-state index is 13.4. The number of rotatable bonds is 22. The molecule has 2 aliphatic rings. The van der Waals surface area contributed by atoms with Crippen LogP contribution < -0.4 is 11.4 Å². The number of unbranched alkanes of at least 4 members (excludes halogenated alkanes) is 7. The lowest BCUT2D eigenvalue weighted by molar-refractivity contribution is -0.195. The van der Waals surface area contributed by atoms with Crippen LogP contribution in [-0.2, 0) is 46.3 Å². The van der Waals surface area contributed by atoms with Crippen LogP contribution in [0.15, 0.2) is 65.7 Å². The fourth-order valence-corrected chi connectivity index (χ4v) is 10.5. The Bertz CT molecular complexity index is 2040. The quantitative estimate of drug-likeness (QED) is 0.0252. The zero-order valence-electron chi connectivity index (χ0n) is 42.5. The van der Waals surface area contributed by atoms with Crippen LogP contribution in [0.1, 0.15) is 155 Å². The number of allylic oxidation sites excluding steroid dienone is 6. The van der Waals surface area contributed by atoms with E-state index in [1.165, 1.54) is 24.4 Å². The van der Waals surface area contributed by atoms with Crippen LogP contribution in [0.5, 0.6) is 0 Å². The molecule has 0 aromatic carbocycles. The molecule has 0 amide bonds. The van der Waals surface area contributed by atoms with E-state index in [0.29, 0.717) is 44.9 Å². The summed E-state index contributed by atoms with van der Waals surface area (Å²) in [6.45, 7) is 1.41. The van der Waals surface area contributed by atoms with Gasteiger partial charge in [0.2, 0.25) is 0 Å². The number of esters is 2. The maximum Gasteiger partial charge on any atom is 0.481 e. The number of aliphatic hydroxyl groups is 5. The molecular formula is C50H83N3O18P2. The first-order valence-electron chi connectivity index (χ1n) is 25.9. The van der Waals surface area contributed by atoms with Gasteiger partial charge in [-0.2, -0.15) is 9.29 Å². The number of anilines is 1. The Balaban J connectivity index is 1.77. The second-order valence-corrected chi connectivity index (χ2v) is 21.7. The first kappa shape index (κ1) is 63.9. The highest BCUT2D eigenvalue weighted by molar-refractivity contribution is 7.61. The molecule has 21 nitrogen and oxygen atoms in total.